The van der Waals surface area contributed by atoms with Crippen molar-refractivity contribution in [3.8, 4) is 0 Å². The van der Waals surface area contributed by atoms with E-state index in [1.807, 2.05) is 13.8 Å². The first kappa shape index (κ1) is 33.5. The minimum Gasteiger partial charge on any atom is -0.334 e. The Hall–Kier alpha value is -0.550. The van der Waals surface area contributed by atoms with E-state index in [0.717, 1.165) is 45.2 Å². The summed E-state index contributed by atoms with van der Waals surface area (Å²) in [5, 5.41) is 0. The van der Waals surface area contributed by atoms with Crippen molar-refractivity contribution >= 4 is 7.82 Å². The number of rotatable bonds is 26. The van der Waals surface area contributed by atoms with Crippen molar-refractivity contribution in [1.82, 2.24) is 9.80 Å². The molecule has 0 aliphatic carbocycles. The summed E-state index contributed by atoms with van der Waals surface area (Å²) >= 11 is 0. The lowest BCUT2D eigenvalue weighted by molar-refractivity contribution is -0.0555. The molecule has 0 N–H and O–H groups in total. The molecule has 0 bridgehead atoms. The van der Waals surface area contributed by atoms with Crippen molar-refractivity contribution in [3.05, 3.63) is 12.4 Å². The molecule has 6 nitrogen and oxygen atoms in total. The lowest BCUT2D eigenvalue weighted by Crippen LogP contribution is -2.41. The van der Waals surface area contributed by atoms with Gasteiger partial charge in [0, 0.05) is 25.5 Å². The maximum absolute atomic E-state index is 13.3. The summed E-state index contributed by atoms with van der Waals surface area (Å²) in [6.45, 7) is 11.0. The molecule has 0 aromatic rings. The number of hydrogen-bond acceptors (Lipinski definition) is 6. The van der Waals surface area contributed by atoms with E-state index >= 15 is 0 Å². The zero-order valence-electron chi connectivity index (χ0n) is 24.3. The van der Waals surface area contributed by atoms with Crippen LogP contribution in [0.25, 0.3) is 0 Å². The van der Waals surface area contributed by atoms with Crippen molar-refractivity contribution in [2.75, 3.05) is 26.3 Å². The molecule has 1 rings (SSSR count). The van der Waals surface area contributed by atoms with E-state index in [4.69, 9.17) is 13.6 Å². The fourth-order valence-electron chi connectivity index (χ4n) is 4.45. The van der Waals surface area contributed by atoms with Gasteiger partial charge in [0.25, 0.3) is 0 Å². The highest BCUT2D eigenvalue weighted by atomic mass is 31.2. The van der Waals surface area contributed by atoms with Gasteiger partial charge in [-0.3, -0.25) is 9.05 Å². The maximum Gasteiger partial charge on any atom is 0.478 e. The van der Waals surface area contributed by atoms with Crippen LogP contribution in [0.3, 0.4) is 0 Å². The average Bonchev–Trinajstić information content (AvgIpc) is 3.25. The molecule has 1 aliphatic rings. The Balaban J connectivity index is 2.32. The van der Waals surface area contributed by atoms with Gasteiger partial charge < -0.3 is 9.80 Å². The Kier molecular flexibility index (Phi) is 20.9. The molecule has 0 aromatic heterocycles. The molecule has 0 spiro atoms. The maximum atomic E-state index is 13.3. The first-order chi connectivity index (χ1) is 17.6. The second kappa shape index (κ2) is 22.4. The molecule has 1 atom stereocenters. The highest BCUT2D eigenvalue weighted by molar-refractivity contribution is 7.48. The van der Waals surface area contributed by atoms with E-state index in [9.17, 15) is 4.57 Å². The van der Waals surface area contributed by atoms with Crippen molar-refractivity contribution < 1.29 is 18.1 Å². The molecule has 0 saturated heterocycles. The predicted octanol–water partition coefficient (Wildman–Crippen LogP) is 9.62. The molecular formula is C29H59N2O4P. The van der Waals surface area contributed by atoms with E-state index in [2.05, 4.69) is 36.0 Å². The third-order valence-electron chi connectivity index (χ3n) is 6.69. The van der Waals surface area contributed by atoms with Gasteiger partial charge in [0.1, 0.15) is 0 Å². The molecule has 214 valence electrons. The zero-order valence-corrected chi connectivity index (χ0v) is 25.2. The van der Waals surface area contributed by atoms with Crippen molar-refractivity contribution in [3.63, 3.8) is 0 Å². The summed E-state index contributed by atoms with van der Waals surface area (Å²) < 4.78 is 30.6. The Bertz CT molecular complexity index is 563. The molecule has 0 amide bonds. The lowest BCUT2D eigenvalue weighted by atomic mass is 10.0. The quantitative estimate of drug-likeness (QED) is 0.0819. The minimum absolute atomic E-state index is 0.370. The van der Waals surface area contributed by atoms with Gasteiger partial charge in [-0.2, -0.15) is 0 Å². The molecule has 0 saturated carbocycles. The largest absolute Gasteiger partial charge is 0.478 e. The summed E-state index contributed by atoms with van der Waals surface area (Å²) in [6, 6.07) is 0. The molecule has 1 heterocycles. The molecule has 1 unspecified atom stereocenters. The minimum atomic E-state index is -3.61. The van der Waals surface area contributed by atoms with Crippen LogP contribution in [0.15, 0.2) is 12.4 Å². The van der Waals surface area contributed by atoms with Crippen molar-refractivity contribution in [2.24, 2.45) is 0 Å². The third kappa shape index (κ3) is 15.6. The Morgan fingerprint density at radius 1 is 0.556 bits per heavy atom. The summed E-state index contributed by atoms with van der Waals surface area (Å²) in [4.78, 5) is 4.29. The second-order valence-electron chi connectivity index (χ2n) is 10.3. The normalized spacial score (nSPS) is 15.9. The topological polar surface area (TPSA) is 51.2 Å². The number of unbranched alkanes of at least 4 members (excludes halogenated alkanes) is 14. The third-order valence-corrected chi connectivity index (χ3v) is 8.13. The standard InChI is InChI=1S/C29H59N2O4P/c1-5-9-11-12-13-14-15-16-17-18-19-20-21-22-24-31-26-25-30(23-10-6-2)29(31)35-36(32,33-27-7-3)34-28-8-4/h25-26,29H,5-24,27-28H2,1-4H3. The monoisotopic (exact) mass is 530 g/mol. The first-order valence-electron chi connectivity index (χ1n) is 15.4. The summed E-state index contributed by atoms with van der Waals surface area (Å²) in [6.07, 6.45) is 26.4. The second-order valence-corrected chi connectivity index (χ2v) is 11.9. The zero-order chi connectivity index (χ0) is 26.3. The van der Waals surface area contributed by atoms with E-state index in [1.54, 1.807) is 0 Å². The SMILES string of the molecule is CCCCCCCCCCCCCCCCN1C=CN(CCCC)C1OP(=O)(OCCC)OCCC. The van der Waals surface area contributed by atoms with E-state index < -0.39 is 14.2 Å². The van der Waals surface area contributed by atoms with Crippen molar-refractivity contribution in [1.29, 1.82) is 0 Å². The fourth-order valence-corrected chi connectivity index (χ4v) is 5.93. The molecule has 1 aliphatic heterocycles. The van der Waals surface area contributed by atoms with Gasteiger partial charge in [0.05, 0.1) is 13.2 Å². The van der Waals surface area contributed by atoms with Crippen LogP contribution in [-0.4, -0.2) is 42.5 Å². The van der Waals surface area contributed by atoms with Gasteiger partial charge in [-0.15, -0.1) is 0 Å². The predicted molar refractivity (Wildman–Crippen MR) is 153 cm³/mol. The molecule has 0 radical (unpaired) electrons. The Morgan fingerprint density at radius 3 is 1.36 bits per heavy atom. The summed E-state index contributed by atoms with van der Waals surface area (Å²) in [7, 11) is -3.61. The lowest BCUT2D eigenvalue weighted by Gasteiger charge is -2.34. The van der Waals surface area contributed by atoms with Crippen LogP contribution in [-0.2, 0) is 18.1 Å². The highest BCUT2D eigenvalue weighted by Gasteiger charge is 2.37. The first-order valence-corrected chi connectivity index (χ1v) is 16.8. The van der Waals surface area contributed by atoms with Crippen LogP contribution in [0.5, 0.6) is 0 Å². The van der Waals surface area contributed by atoms with Crippen LogP contribution in [0.2, 0.25) is 0 Å². The number of hydrogen-bond donors (Lipinski definition) is 0. The van der Waals surface area contributed by atoms with Crippen LogP contribution in [0, 0.1) is 0 Å². The van der Waals surface area contributed by atoms with Crippen LogP contribution < -0.4 is 0 Å². The smallest absolute Gasteiger partial charge is 0.334 e. The van der Waals surface area contributed by atoms with Crippen molar-refractivity contribution in [2.45, 2.75) is 150 Å². The van der Waals surface area contributed by atoms with Gasteiger partial charge in [-0.25, -0.2) is 9.09 Å². The highest BCUT2D eigenvalue weighted by Crippen LogP contribution is 2.52. The van der Waals surface area contributed by atoms with E-state index in [1.165, 1.54) is 83.5 Å². The number of phosphoric ester groups is 1. The van der Waals surface area contributed by atoms with Gasteiger partial charge in [-0.1, -0.05) is 118 Å². The molecule has 7 heteroatoms. The summed E-state index contributed by atoms with van der Waals surface area (Å²) in [5.74, 6) is 0. The average molecular weight is 531 g/mol. The van der Waals surface area contributed by atoms with Crippen LogP contribution in [0.4, 0.5) is 0 Å². The van der Waals surface area contributed by atoms with E-state index in [0.29, 0.717) is 13.2 Å². The van der Waals surface area contributed by atoms with Gasteiger partial charge in [0.15, 0.2) is 0 Å². The van der Waals surface area contributed by atoms with Crippen LogP contribution >= 0.6 is 7.82 Å². The number of phosphoric acid groups is 1. The Labute approximate surface area is 224 Å². The van der Waals surface area contributed by atoms with Crippen LogP contribution in [0.1, 0.15) is 143 Å². The molecular weight excluding hydrogens is 471 g/mol. The molecule has 0 fully saturated rings. The molecule has 36 heavy (non-hydrogen) atoms. The Morgan fingerprint density at radius 2 is 0.944 bits per heavy atom. The summed E-state index contributed by atoms with van der Waals surface area (Å²) in [5.41, 5.74) is 0. The number of nitrogens with zero attached hydrogens (tertiary/aromatic N) is 2. The van der Waals surface area contributed by atoms with Gasteiger partial charge in [-0.05, 0) is 25.7 Å². The van der Waals surface area contributed by atoms with Gasteiger partial charge in [0.2, 0.25) is 6.35 Å². The molecule has 0 aromatic carbocycles. The fraction of sp³-hybridized carbons (Fsp3) is 0.931. The van der Waals surface area contributed by atoms with E-state index in [-0.39, 0.29) is 0 Å². The van der Waals surface area contributed by atoms with Gasteiger partial charge >= 0.3 is 7.82 Å².